The highest BCUT2D eigenvalue weighted by molar-refractivity contribution is 7.92. The Morgan fingerprint density at radius 3 is 2.22 bits per heavy atom. The Bertz CT molecular complexity index is 907. The minimum atomic E-state index is -3.41. The maximum atomic E-state index is 12.9. The van der Waals surface area contributed by atoms with E-state index >= 15 is 0 Å². The number of amides is 1. The predicted octanol–water partition coefficient (Wildman–Crippen LogP) is 3.09. The number of carbonyl (C=O) groups excluding carboxylic acids is 1. The summed E-state index contributed by atoms with van der Waals surface area (Å²) >= 11 is 0. The van der Waals surface area contributed by atoms with Gasteiger partial charge in [0.2, 0.25) is 10.0 Å². The number of sulfonamides is 1. The first-order valence-corrected chi connectivity index (χ1v) is 10.6. The van der Waals surface area contributed by atoms with Crippen LogP contribution >= 0.6 is 0 Å². The lowest BCUT2D eigenvalue weighted by molar-refractivity contribution is 0.0752. The molecule has 0 atom stereocenters. The first-order valence-electron chi connectivity index (χ1n) is 8.74. The number of aryl methyl sites for hydroxylation is 1. The normalized spacial score (nSPS) is 11.1. The molecule has 1 N–H and O–H groups in total. The van der Waals surface area contributed by atoms with E-state index in [1.807, 2.05) is 50.2 Å². The molecule has 0 aliphatic heterocycles. The van der Waals surface area contributed by atoms with Gasteiger partial charge in [-0.2, -0.15) is 0 Å². The molecule has 2 rings (SSSR count). The molecule has 0 aliphatic carbocycles. The van der Waals surface area contributed by atoms with Gasteiger partial charge in [0.1, 0.15) is 0 Å². The fraction of sp³-hybridized carbons (Fsp3) is 0.350. The van der Waals surface area contributed by atoms with Gasteiger partial charge in [0.25, 0.3) is 5.91 Å². The van der Waals surface area contributed by atoms with Gasteiger partial charge in [-0.05, 0) is 49.2 Å². The molecule has 0 radical (unpaired) electrons. The highest BCUT2D eigenvalue weighted by Crippen LogP contribution is 2.20. The molecule has 0 saturated carbocycles. The Hall–Kier alpha value is -2.54. The van der Waals surface area contributed by atoms with Crippen molar-refractivity contribution in [3.8, 4) is 0 Å². The SMILES string of the molecule is CCN(Cc1ccc(N(C)C)cc1)C(=O)c1ccc(C)c(NS(C)(=O)=O)c1. The summed E-state index contributed by atoms with van der Waals surface area (Å²) in [5, 5.41) is 0. The van der Waals surface area contributed by atoms with Crippen molar-refractivity contribution in [2.75, 3.05) is 36.5 Å². The Balaban J connectivity index is 2.22. The molecule has 27 heavy (non-hydrogen) atoms. The fourth-order valence-electron chi connectivity index (χ4n) is 2.69. The monoisotopic (exact) mass is 389 g/mol. The second-order valence-electron chi connectivity index (χ2n) is 6.78. The molecule has 146 valence electrons. The van der Waals surface area contributed by atoms with Crippen LogP contribution in [-0.2, 0) is 16.6 Å². The van der Waals surface area contributed by atoms with E-state index in [4.69, 9.17) is 0 Å². The van der Waals surface area contributed by atoms with Gasteiger partial charge < -0.3 is 9.80 Å². The van der Waals surface area contributed by atoms with E-state index in [1.54, 1.807) is 30.0 Å². The average molecular weight is 390 g/mol. The molecule has 0 fully saturated rings. The third kappa shape index (κ3) is 5.72. The van der Waals surface area contributed by atoms with Crippen molar-refractivity contribution in [3.63, 3.8) is 0 Å². The number of anilines is 2. The quantitative estimate of drug-likeness (QED) is 0.790. The molecule has 0 aromatic heterocycles. The van der Waals surface area contributed by atoms with E-state index in [0.717, 1.165) is 23.1 Å². The van der Waals surface area contributed by atoms with Crippen molar-refractivity contribution >= 4 is 27.3 Å². The van der Waals surface area contributed by atoms with Crippen LogP contribution in [0.1, 0.15) is 28.4 Å². The number of rotatable bonds is 7. The molecule has 0 spiro atoms. The molecule has 1 amide bonds. The topological polar surface area (TPSA) is 69.7 Å². The van der Waals surface area contributed by atoms with Gasteiger partial charge in [-0.25, -0.2) is 8.42 Å². The van der Waals surface area contributed by atoms with Gasteiger partial charge in [-0.15, -0.1) is 0 Å². The molecule has 0 bridgehead atoms. The Morgan fingerprint density at radius 1 is 1.07 bits per heavy atom. The highest BCUT2D eigenvalue weighted by atomic mass is 32.2. The van der Waals surface area contributed by atoms with E-state index in [0.29, 0.717) is 24.3 Å². The molecule has 7 heteroatoms. The molecular weight excluding hydrogens is 362 g/mol. The third-order valence-electron chi connectivity index (χ3n) is 4.27. The first-order chi connectivity index (χ1) is 12.6. The van der Waals surface area contributed by atoms with Crippen LogP contribution in [0.15, 0.2) is 42.5 Å². The summed E-state index contributed by atoms with van der Waals surface area (Å²) in [6.45, 7) is 4.77. The van der Waals surface area contributed by atoms with Crippen LogP contribution in [0.25, 0.3) is 0 Å². The maximum absolute atomic E-state index is 12.9. The van der Waals surface area contributed by atoms with Crippen LogP contribution in [0.5, 0.6) is 0 Å². The summed E-state index contributed by atoms with van der Waals surface area (Å²) in [7, 11) is 0.559. The van der Waals surface area contributed by atoms with Gasteiger partial charge in [-0.1, -0.05) is 18.2 Å². The van der Waals surface area contributed by atoms with Crippen molar-refractivity contribution in [1.29, 1.82) is 0 Å². The van der Waals surface area contributed by atoms with Gasteiger partial charge in [-0.3, -0.25) is 9.52 Å². The molecule has 0 unspecified atom stereocenters. The number of hydrogen-bond donors (Lipinski definition) is 1. The summed E-state index contributed by atoms with van der Waals surface area (Å²) < 4.78 is 25.5. The van der Waals surface area contributed by atoms with E-state index in [2.05, 4.69) is 4.72 Å². The van der Waals surface area contributed by atoms with Gasteiger partial charge in [0.05, 0.1) is 11.9 Å². The molecule has 2 aromatic rings. The predicted molar refractivity (Wildman–Crippen MR) is 111 cm³/mol. The average Bonchev–Trinajstić information content (AvgIpc) is 2.60. The smallest absolute Gasteiger partial charge is 0.254 e. The lowest BCUT2D eigenvalue weighted by Crippen LogP contribution is -2.30. The highest BCUT2D eigenvalue weighted by Gasteiger charge is 2.17. The Kier molecular flexibility index (Phi) is 6.49. The molecule has 0 aliphatic rings. The minimum Gasteiger partial charge on any atom is -0.378 e. The maximum Gasteiger partial charge on any atom is 0.254 e. The fourth-order valence-corrected chi connectivity index (χ4v) is 3.31. The first kappa shape index (κ1) is 20.8. The number of benzene rings is 2. The largest absolute Gasteiger partial charge is 0.378 e. The van der Waals surface area contributed by atoms with Crippen LogP contribution in [-0.4, -0.2) is 46.1 Å². The van der Waals surface area contributed by atoms with Crippen molar-refractivity contribution in [1.82, 2.24) is 4.90 Å². The zero-order valence-electron chi connectivity index (χ0n) is 16.5. The van der Waals surface area contributed by atoms with Crippen LogP contribution in [0, 0.1) is 6.92 Å². The van der Waals surface area contributed by atoms with Crippen LogP contribution in [0.4, 0.5) is 11.4 Å². The van der Waals surface area contributed by atoms with Gasteiger partial charge in [0, 0.05) is 38.4 Å². The zero-order chi connectivity index (χ0) is 20.2. The van der Waals surface area contributed by atoms with Gasteiger partial charge in [0.15, 0.2) is 0 Å². The number of hydrogen-bond acceptors (Lipinski definition) is 4. The summed E-state index contributed by atoms with van der Waals surface area (Å²) in [6.07, 6.45) is 1.09. The van der Waals surface area contributed by atoms with E-state index < -0.39 is 10.0 Å². The lowest BCUT2D eigenvalue weighted by Gasteiger charge is -2.22. The van der Waals surface area contributed by atoms with Crippen molar-refractivity contribution in [3.05, 3.63) is 59.2 Å². The van der Waals surface area contributed by atoms with E-state index in [9.17, 15) is 13.2 Å². The van der Waals surface area contributed by atoms with Crippen molar-refractivity contribution in [2.24, 2.45) is 0 Å². The standard InChI is InChI=1S/C20H27N3O3S/c1-6-23(14-16-8-11-18(12-9-16)22(3)4)20(24)17-10-7-15(2)19(13-17)21-27(5,25)26/h7-13,21H,6,14H2,1-5H3. The van der Waals surface area contributed by atoms with Crippen LogP contribution < -0.4 is 9.62 Å². The summed E-state index contributed by atoms with van der Waals surface area (Å²) in [5.41, 5.74) is 3.79. The molecule has 0 heterocycles. The summed E-state index contributed by atoms with van der Waals surface area (Å²) in [6, 6.07) is 13.1. The van der Waals surface area contributed by atoms with Crippen LogP contribution in [0.2, 0.25) is 0 Å². The third-order valence-corrected chi connectivity index (χ3v) is 4.87. The lowest BCUT2D eigenvalue weighted by atomic mass is 10.1. The second kappa shape index (κ2) is 8.43. The minimum absolute atomic E-state index is 0.134. The molecular formula is C20H27N3O3S. The summed E-state index contributed by atoms with van der Waals surface area (Å²) in [4.78, 5) is 16.7. The van der Waals surface area contributed by atoms with E-state index in [-0.39, 0.29) is 5.91 Å². The van der Waals surface area contributed by atoms with Gasteiger partial charge >= 0.3 is 0 Å². The van der Waals surface area contributed by atoms with Crippen molar-refractivity contribution in [2.45, 2.75) is 20.4 Å². The zero-order valence-corrected chi connectivity index (χ0v) is 17.3. The van der Waals surface area contributed by atoms with Crippen molar-refractivity contribution < 1.29 is 13.2 Å². The van der Waals surface area contributed by atoms with Crippen LogP contribution in [0.3, 0.4) is 0 Å². The molecule has 6 nitrogen and oxygen atoms in total. The summed E-state index contributed by atoms with van der Waals surface area (Å²) in [5.74, 6) is -0.134. The Morgan fingerprint density at radius 2 is 1.70 bits per heavy atom. The Labute approximate surface area is 161 Å². The molecule has 2 aromatic carbocycles. The molecule has 0 saturated heterocycles. The number of carbonyl (C=O) groups is 1. The number of nitrogens with zero attached hydrogens (tertiary/aromatic N) is 2. The second-order valence-corrected chi connectivity index (χ2v) is 8.53. The number of nitrogens with one attached hydrogen (secondary N) is 1. The van der Waals surface area contributed by atoms with E-state index in [1.165, 1.54) is 0 Å².